The Hall–Kier alpha value is -0.610. The van der Waals surface area contributed by atoms with Gasteiger partial charge in [-0.15, -0.1) is 0 Å². The van der Waals surface area contributed by atoms with Crippen LogP contribution >= 0.6 is 0 Å². The molecule has 0 spiro atoms. The predicted molar refractivity (Wildman–Crippen MR) is 80.5 cm³/mol. The number of ether oxygens (including phenoxy) is 1. The van der Waals surface area contributed by atoms with Crippen molar-refractivity contribution < 1.29 is 9.53 Å². The quantitative estimate of drug-likeness (QED) is 0.756. The second-order valence-corrected chi connectivity index (χ2v) is 6.97. The Bertz CT molecular complexity index is 316. The van der Waals surface area contributed by atoms with Crippen molar-refractivity contribution in [1.82, 2.24) is 10.2 Å². The SMILES string of the molecule is COC(=O)C1CC(NCC2CCC2)CN(CC(C)C)C1. The number of hydrogen-bond acceptors (Lipinski definition) is 4. The summed E-state index contributed by atoms with van der Waals surface area (Å²) in [6.45, 7) is 8.57. The van der Waals surface area contributed by atoms with Crippen LogP contribution in [0.5, 0.6) is 0 Å². The third-order valence-electron chi connectivity index (χ3n) is 4.60. The van der Waals surface area contributed by atoms with Gasteiger partial charge in [0.1, 0.15) is 0 Å². The number of piperidine rings is 1. The van der Waals surface area contributed by atoms with Crippen LogP contribution in [0, 0.1) is 17.8 Å². The van der Waals surface area contributed by atoms with Crippen LogP contribution in [0.3, 0.4) is 0 Å². The van der Waals surface area contributed by atoms with Crippen molar-refractivity contribution in [2.24, 2.45) is 17.8 Å². The van der Waals surface area contributed by atoms with Crippen LogP contribution < -0.4 is 5.32 Å². The van der Waals surface area contributed by atoms with E-state index in [1.54, 1.807) is 0 Å². The van der Waals surface area contributed by atoms with Crippen LogP contribution in [0.4, 0.5) is 0 Å². The zero-order valence-electron chi connectivity index (χ0n) is 13.2. The second-order valence-electron chi connectivity index (χ2n) is 6.97. The van der Waals surface area contributed by atoms with Gasteiger partial charge in [0.15, 0.2) is 0 Å². The van der Waals surface area contributed by atoms with E-state index in [-0.39, 0.29) is 11.9 Å². The largest absolute Gasteiger partial charge is 0.469 e. The Morgan fingerprint density at radius 3 is 2.65 bits per heavy atom. The molecule has 0 aromatic rings. The maximum atomic E-state index is 11.9. The van der Waals surface area contributed by atoms with Crippen molar-refractivity contribution in [3.63, 3.8) is 0 Å². The molecule has 1 saturated heterocycles. The summed E-state index contributed by atoms with van der Waals surface area (Å²) in [6, 6.07) is 0.437. The number of nitrogens with zero attached hydrogens (tertiary/aromatic N) is 1. The van der Waals surface area contributed by atoms with Crippen LogP contribution in [0.1, 0.15) is 39.5 Å². The summed E-state index contributed by atoms with van der Waals surface area (Å²) in [5, 5.41) is 3.69. The molecule has 0 radical (unpaired) electrons. The van der Waals surface area contributed by atoms with Crippen LogP contribution in [0.15, 0.2) is 0 Å². The number of carbonyl (C=O) groups is 1. The Balaban J connectivity index is 1.86. The Labute approximate surface area is 123 Å². The van der Waals surface area contributed by atoms with Crippen LogP contribution in [-0.2, 0) is 9.53 Å². The molecule has 2 atom stereocenters. The van der Waals surface area contributed by atoms with Crippen LogP contribution in [0.2, 0.25) is 0 Å². The highest BCUT2D eigenvalue weighted by Gasteiger charge is 2.32. The van der Waals surface area contributed by atoms with E-state index in [1.807, 2.05) is 0 Å². The van der Waals surface area contributed by atoms with Gasteiger partial charge in [0.2, 0.25) is 0 Å². The summed E-state index contributed by atoms with van der Waals surface area (Å²) in [4.78, 5) is 14.3. The molecule has 4 heteroatoms. The Kier molecular flexibility index (Phi) is 5.85. The molecule has 0 bridgehead atoms. The molecule has 20 heavy (non-hydrogen) atoms. The molecule has 1 saturated carbocycles. The fourth-order valence-electron chi connectivity index (χ4n) is 3.37. The number of methoxy groups -OCH3 is 1. The molecule has 2 rings (SSSR count). The van der Waals surface area contributed by atoms with Gasteiger partial charge >= 0.3 is 5.97 Å². The van der Waals surface area contributed by atoms with Gasteiger partial charge in [-0.3, -0.25) is 4.79 Å². The molecular formula is C16H30N2O2. The van der Waals surface area contributed by atoms with E-state index in [1.165, 1.54) is 26.4 Å². The maximum absolute atomic E-state index is 11.9. The third kappa shape index (κ3) is 4.45. The first-order valence-electron chi connectivity index (χ1n) is 8.12. The number of carbonyl (C=O) groups excluding carboxylic acids is 1. The summed E-state index contributed by atoms with van der Waals surface area (Å²) in [5.41, 5.74) is 0. The van der Waals surface area contributed by atoms with Crippen molar-refractivity contribution >= 4 is 5.97 Å². The molecule has 4 nitrogen and oxygen atoms in total. The third-order valence-corrected chi connectivity index (χ3v) is 4.60. The van der Waals surface area contributed by atoms with E-state index < -0.39 is 0 Å². The van der Waals surface area contributed by atoms with Crippen molar-refractivity contribution in [2.45, 2.75) is 45.6 Å². The number of rotatable bonds is 6. The van der Waals surface area contributed by atoms with E-state index in [4.69, 9.17) is 4.74 Å². The molecule has 0 amide bonds. The zero-order chi connectivity index (χ0) is 14.5. The summed E-state index contributed by atoms with van der Waals surface area (Å²) >= 11 is 0. The summed E-state index contributed by atoms with van der Waals surface area (Å²) < 4.78 is 4.96. The first-order valence-corrected chi connectivity index (χ1v) is 8.12. The monoisotopic (exact) mass is 282 g/mol. The lowest BCUT2D eigenvalue weighted by atomic mass is 9.85. The molecule has 116 valence electrons. The first-order chi connectivity index (χ1) is 9.58. The average Bonchev–Trinajstić information content (AvgIpc) is 2.35. The molecule has 0 aromatic heterocycles. The molecule has 1 aliphatic heterocycles. The number of hydrogen-bond donors (Lipinski definition) is 1. The van der Waals surface area contributed by atoms with E-state index >= 15 is 0 Å². The molecule has 1 heterocycles. The van der Waals surface area contributed by atoms with E-state index in [0.717, 1.165) is 38.5 Å². The van der Waals surface area contributed by atoms with Gasteiger partial charge in [-0.25, -0.2) is 0 Å². The van der Waals surface area contributed by atoms with Gasteiger partial charge < -0.3 is 15.0 Å². The zero-order valence-corrected chi connectivity index (χ0v) is 13.2. The summed E-state index contributed by atoms with van der Waals surface area (Å²) in [6.07, 6.45) is 5.06. The van der Waals surface area contributed by atoms with E-state index in [9.17, 15) is 4.79 Å². The van der Waals surface area contributed by atoms with Gasteiger partial charge in [-0.05, 0) is 37.6 Å². The molecule has 2 unspecified atom stereocenters. The summed E-state index contributed by atoms with van der Waals surface area (Å²) in [5.74, 6) is 1.49. The fourth-order valence-corrected chi connectivity index (χ4v) is 3.37. The molecule has 1 aliphatic carbocycles. The Morgan fingerprint density at radius 1 is 1.35 bits per heavy atom. The minimum Gasteiger partial charge on any atom is -0.469 e. The number of esters is 1. The average molecular weight is 282 g/mol. The Morgan fingerprint density at radius 2 is 2.10 bits per heavy atom. The topological polar surface area (TPSA) is 41.6 Å². The van der Waals surface area contributed by atoms with Crippen LogP contribution in [0.25, 0.3) is 0 Å². The van der Waals surface area contributed by atoms with E-state index in [0.29, 0.717) is 12.0 Å². The van der Waals surface area contributed by atoms with Gasteiger partial charge in [-0.2, -0.15) is 0 Å². The maximum Gasteiger partial charge on any atom is 0.310 e. The highest BCUT2D eigenvalue weighted by Crippen LogP contribution is 2.26. The number of likely N-dealkylation sites (tertiary alicyclic amines) is 1. The molecular weight excluding hydrogens is 252 g/mol. The van der Waals surface area contributed by atoms with Crippen LogP contribution in [-0.4, -0.2) is 50.2 Å². The molecule has 1 N–H and O–H groups in total. The van der Waals surface area contributed by atoms with Gasteiger partial charge in [-0.1, -0.05) is 20.3 Å². The van der Waals surface area contributed by atoms with Gasteiger partial charge in [0.25, 0.3) is 0 Å². The van der Waals surface area contributed by atoms with Crippen molar-refractivity contribution in [3.8, 4) is 0 Å². The van der Waals surface area contributed by atoms with E-state index in [2.05, 4.69) is 24.1 Å². The lowest BCUT2D eigenvalue weighted by Crippen LogP contribution is -2.52. The lowest BCUT2D eigenvalue weighted by molar-refractivity contribution is -0.147. The highest BCUT2D eigenvalue weighted by atomic mass is 16.5. The number of nitrogens with one attached hydrogen (secondary N) is 1. The van der Waals surface area contributed by atoms with Crippen molar-refractivity contribution in [2.75, 3.05) is 33.3 Å². The molecule has 0 aromatic carbocycles. The molecule has 2 aliphatic rings. The second kappa shape index (κ2) is 7.41. The lowest BCUT2D eigenvalue weighted by Gasteiger charge is -2.39. The normalized spacial score (nSPS) is 28.4. The fraction of sp³-hybridized carbons (Fsp3) is 0.938. The highest BCUT2D eigenvalue weighted by molar-refractivity contribution is 5.72. The van der Waals surface area contributed by atoms with Crippen molar-refractivity contribution in [1.29, 1.82) is 0 Å². The van der Waals surface area contributed by atoms with Gasteiger partial charge in [0.05, 0.1) is 13.0 Å². The van der Waals surface area contributed by atoms with Crippen molar-refractivity contribution in [3.05, 3.63) is 0 Å². The smallest absolute Gasteiger partial charge is 0.310 e. The minimum atomic E-state index is -0.0473. The predicted octanol–water partition coefficient (Wildman–Crippen LogP) is 1.90. The molecule has 2 fully saturated rings. The summed E-state index contributed by atoms with van der Waals surface area (Å²) in [7, 11) is 1.50. The van der Waals surface area contributed by atoms with Gasteiger partial charge in [0, 0.05) is 25.7 Å². The standard InChI is InChI=1S/C16H30N2O2/c1-12(2)9-18-10-14(16(19)20-3)7-15(11-18)17-8-13-5-4-6-13/h12-15,17H,4-11H2,1-3H3. The first kappa shape index (κ1) is 15.8. The minimum absolute atomic E-state index is 0.0337.